The molecule has 31 heavy (non-hydrogen) atoms. The van der Waals surface area contributed by atoms with Crippen LogP contribution < -0.4 is 5.32 Å². The van der Waals surface area contributed by atoms with Crippen molar-refractivity contribution in [1.82, 2.24) is 19.8 Å². The number of amides is 2. The molecule has 0 saturated heterocycles. The van der Waals surface area contributed by atoms with Gasteiger partial charge in [0.15, 0.2) is 5.82 Å². The van der Waals surface area contributed by atoms with E-state index in [4.69, 9.17) is 0 Å². The third kappa shape index (κ3) is 3.50. The number of nitrogens with zero attached hydrogens (tertiary/aromatic N) is 3. The second kappa shape index (κ2) is 7.84. The molecule has 6 heteroatoms. The van der Waals surface area contributed by atoms with Gasteiger partial charge >= 0.3 is 0 Å². The number of para-hydroxylation sites is 2. The lowest BCUT2D eigenvalue weighted by molar-refractivity contribution is -0.133. The Morgan fingerprint density at radius 3 is 2.58 bits per heavy atom. The first-order valence-corrected chi connectivity index (χ1v) is 11.2. The average molecular weight is 417 g/mol. The fourth-order valence-corrected chi connectivity index (χ4v) is 4.98. The van der Waals surface area contributed by atoms with Gasteiger partial charge < -0.3 is 14.8 Å². The van der Waals surface area contributed by atoms with E-state index in [2.05, 4.69) is 22.4 Å². The van der Waals surface area contributed by atoms with Crippen LogP contribution in [0.3, 0.4) is 0 Å². The molecule has 2 aliphatic rings. The number of rotatable bonds is 5. The first-order chi connectivity index (χ1) is 15.1. The van der Waals surface area contributed by atoms with Crippen molar-refractivity contribution in [1.29, 1.82) is 0 Å². The first kappa shape index (κ1) is 19.8. The van der Waals surface area contributed by atoms with Crippen LogP contribution in [-0.4, -0.2) is 44.4 Å². The van der Waals surface area contributed by atoms with E-state index in [1.807, 2.05) is 54.0 Å². The zero-order chi connectivity index (χ0) is 21.4. The SMILES string of the molecule is CC1(C(=O)NC2CCCC2)Cn2c(nc3ccccc32)C(=O)N1CCc1ccccc1. The maximum absolute atomic E-state index is 13.6. The molecule has 0 bridgehead atoms. The molecule has 5 rings (SSSR count). The van der Waals surface area contributed by atoms with Crippen molar-refractivity contribution < 1.29 is 9.59 Å². The lowest BCUT2D eigenvalue weighted by Crippen LogP contribution is -2.65. The summed E-state index contributed by atoms with van der Waals surface area (Å²) in [5.41, 5.74) is 1.86. The number of hydrogen-bond acceptors (Lipinski definition) is 3. The number of benzene rings is 2. The second-order valence-corrected chi connectivity index (χ2v) is 8.93. The van der Waals surface area contributed by atoms with Crippen LogP contribution >= 0.6 is 0 Å². The van der Waals surface area contributed by atoms with Gasteiger partial charge in [0.25, 0.3) is 5.91 Å². The van der Waals surface area contributed by atoms with E-state index in [0.29, 0.717) is 25.3 Å². The van der Waals surface area contributed by atoms with Gasteiger partial charge in [-0.1, -0.05) is 55.3 Å². The molecule has 2 amide bonds. The number of hydrogen-bond donors (Lipinski definition) is 1. The normalized spacial score (nSPS) is 21.5. The van der Waals surface area contributed by atoms with Crippen LogP contribution in [0.5, 0.6) is 0 Å². The molecule has 1 aromatic heterocycles. The summed E-state index contributed by atoms with van der Waals surface area (Å²) in [7, 11) is 0. The summed E-state index contributed by atoms with van der Waals surface area (Å²) in [5, 5.41) is 3.24. The van der Waals surface area contributed by atoms with E-state index >= 15 is 0 Å². The average Bonchev–Trinajstić information content (AvgIpc) is 3.42. The molecule has 3 aromatic rings. The Hall–Kier alpha value is -3.15. The fourth-order valence-electron chi connectivity index (χ4n) is 4.98. The van der Waals surface area contributed by atoms with Crippen molar-refractivity contribution in [2.24, 2.45) is 0 Å². The minimum atomic E-state index is -0.967. The van der Waals surface area contributed by atoms with Gasteiger partial charge in [-0.3, -0.25) is 9.59 Å². The van der Waals surface area contributed by atoms with Crippen LogP contribution in [0, 0.1) is 0 Å². The smallest absolute Gasteiger partial charge is 0.290 e. The third-order valence-corrected chi connectivity index (χ3v) is 6.80. The van der Waals surface area contributed by atoms with E-state index in [1.165, 1.54) is 0 Å². The molecule has 2 heterocycles. The number of carbonyl (C=O) groups is 2. The highest BCUT2D eigenvalue weighted by molar-refractivity contribution is 6.01. The van der Waals surface area contributed by atoms with Crippen LogP contribution in [0.2, 0.25) is 0 Å². The molecular formula is C25H28N4O2. The van der Waals surface area contributed by atoms with Crippen LogP contribution in [-0.2, 0) is 17.8 Å². The van der Waals surface area contributed by atoms with Gasteiger partial charge in [0.05, 0.1) is 17.6 Å². The Balaban J connectivity index is 1.51. The van der Waals surface area contributed by atoms with Gasteiger partial charge in [0.2, 0.25) is 5.91 Å². The minimum Gasteiger partial charge on any atom is -0.351 e. The maximum Gasteiger partial charge on any atom is 0.290 e. The molecule has 160 valence electrons. The van der Waals surface area contributed by atoms with E-state index in [-0.39, 0.29) is 17.9 Å². The lowest BCUT2D eigenvalue weighted by atomic mass is 9.93. The summed E-state index contributed by atoms with van der Waals surface area (Å²) in [4.78, 5) is 33.5. The Kier molecular flexibility index (Phi) is 5.00. The number of imidazole rings is 1. The second-order valence-electron chi connectivity index (χ2n) is 8.93. The van der Waals surface area contributed by atoms with Crippen molar-refractivity contribution >= 4 is 22.8 Å². The quantitative estimate of drug-likeness (QED) is 0.692. The van der Waals surface area contributed by atoms with E-state index in [1.54, 1.807) is 4.90 Å². The highest BCUT2D eigenvalue weighted by Gasteiger charge is 2.48. The van der Waals surface area contributed by atoms with Crippen LogP contribution in [0.1, 0.15) is 48.8 Å². The van der Waals surface area contributed by atoms with Crippen LogP contribution in [0.15, 0.2) is 54.6 Å². The summed E-state index contributed by atoms with van der Waals surface area (Å²) >= 11 is 0. The molecular weight excluding hydrogens is 388 g/mol. The van der Waals surface area contributed by atoms with Crippen LogP contribution in [0.4, 0.5) is 0 Å². The standard InChI is InChI=1S/C25H28N4O2/c1-25(24(31)26-19-11-5-6-12-19)17-28-21-14-8-7-13-20(21)27-22(28)23(30)29(25)16-15-18-9-3-2-4-10-18/h2-4,7-10,13-14,19H,5-6,11-12,15-17H2,1H3,(H,26,31). The zero-order valence-corrected chi connectivity index (χ0v) is 17.9. The van der Waals surface area contributed by atoms with Gasteiger partial charge in [-0.05, 0) is 43.9 Å². The van der Waals surface area contributed by atoms with E-state index in [0.717, 1.165) is 42.3 Å². The zero-order valence-electron chi connectivity index (χ0n) is 17.9. The lowest BCUT2D eigenvalue weighted by Gasteiger charge is -2.44. The van der Waals surface area contributed by atoms with Crippen molar-refractivity contribution in [2.45, 2.75) is 57.2 Å². The van der Waals surface area contributed by atoms with Gasteiger partial charge in [-0.2, -0.15) is 0 Å². The highest BCUT2D eigenvalue weighted by atomic mass is 16.2. The Morgan fingerprint density at radius 2 is 1.81 bits per heavy atom. The van der Waals surface area contributed by atoms with Crippen molar-refractivity contribution in [3.05, 3.63) is 66.0 Å². The van der Waals surface area contributed by atoms with Crippen LogP contribution in [0.25, 0.3) is 11.0 Å². The van der Waals surface area contributed by atoms with E-state index in [9.17, 15) is 9.59 Å². The van der Waals surface area contributed by atoms with E-state index < -0.39 is 5.54 Å². The Bertz CT molecular complexity index is 1120. The molecule has 6 nitrogen and oxygen atoms in total. The molecule has 0 spiro atoms. The topological polar surface area (TPSA) is 67.2 Å². The Labute approximate surface area is 182 Å². The molecule has 1 fully saturated rings. The maximum atomic E-state index is 13.6. The van der Waals surface area contributed by atoms with Crippen molar-refractivity contribution in [3.8, 4) is 0 Å². The Morgan fingerprint density at radius 1 is 1.10 bits per heavy atom. The molecule has 0 radical (unpaired) electrons. The molecule has 1 unspecified atom stereocenters. The summed E-state index contributed by atoms with van der Waals surface area (Å²) in [6.07, 6.45) is 5.01. The fraction of sp³-hybridized carbons (Fsp3) is 0.400. The molecule has 1 atom stereocenters. The van der Waals surface area contributed by atoms with Gasteiger partial charge in [0.1, 0.15) is 5.54 Å². The van der Waals surface area contributed by atoms with Gasteiger partial charge in [-0.25, -0.2) is 4.98 Å². The molecule has 1 aliphatic heterocycles. The number of nitrogens with one attached hydrogen (secondary N) is 1. The summed E-state index contributed by atoms with van der Waals surface area (Å²) in [6, 6.07) is 18.0. The first-order valence-electron chi connectivity index (χ1n) is 11.2. The number of carbonyl (C=O) groups excluding carboxylic acids is 2. The van der Waals surface area contributed by atoms with Crippen molar-refractivity contribution in [3.63, 3.8) is 0 Å². The van der Waals surface area contributed by atoms with Gasteiger partial charge in [0, 0.05) is 12.6 Å². The molecule has 1 saturated carbocycles. The highest BCUT2D eigenvalue weighted by Crippen LogP contribution is 2.31. The summed E-state index contributed by atoms with van der Waals surface area (Å²) < 4.78 is 1.92. The molecule has 1 N–H and O–H groups in total. The van der Waals surface area contributed by atoms with Gasteiger partial charge in [-0.15, -0.1) is 0 Å². The largest absolute Gasteiger partial charge is 0.351 e. The molecule has 1 aliphatic carbocycles. The summed E-state index contributed by atoms with van der Waals surface area (Å²) in [5.74, 6) is 0.173. The predicted molar refractivity (Wildman–Crippen MR) is 120 cm³/mol. The predicted octanol–water partition coefficient (Wildman–Crippen LogP) is 3.55. The summed E-state index contributed by atoms with van der Waals surface area (Å²) in [6.45, 7) is 2.78. The number of fused-ring (bicyclic) bond motifs is 3. The van der Waals surface area contributed by atoms with Crippen molar-refractivity contribution in [2.75, 3.05) is 6.54 Å². The minimum absolute atomic E-state index is 0.0655. The monoisotopic (exact) mass is 416 g/mol. The third-order valence-electron chi connectivity index (χ3n) is 6.80. The number of aromatic nitrogens is 2. The molecule has 2 aromatic carbocycles.